The monoisotopic (exact) mass is 254 g/mol. The summed E-state index contributed by atoms with van der Waals surface area (Å²) in [6, 6.07) is 1.94. The van der Waals surface area contributed by atoms with E-state index in [4.69, 9.17) is 16.3 Å². The molecule has 1 aromatic rings. The molecule has 0 saturated heterocycles. The molecule has 0 bridgehead atoms. The molecule has 1 saturated carbocycles. The molecule has 1 heterocycles. The van der Waals surface area contributed by atoms with Gasteiger partial charge in [0.25, 0.3) is 0 Å². The Kier molecular flexibility index (Phi) is 4.00. The van der Waals surface area contributed by atoms with E-state index in [0.29, 0.717) is 12.5 Å². The van der Waals surface area contributed by atoms with Crippen LogP contribution in [0.25, 0.3) is 0 Å². The van der Waals surface area contributed by atoms with Crippen LogP contribution in [0.4, 0.5) is 0 Å². The van der Waals surface area contributed by atoms with Crippen LogP contribution in [0.15, 0.2) is 6.07 Å². The summed E-state index contributed by atoms with van der Waals surface area (Å²) in [5, 5.41) is 0. The summed E-state index contributed by atoms with van der Waals surface area (Å²) in [4.78, 5) is 9.12. The highest BCUT2D eigenvalue weighted by Crippen LogP contribution is 2.40. The molecule has 1 aliphatic carbocycles. The minimum Gasteiger partial charge on any atom is -0.367 e. The van der Waals surface area contributed by atoms with Crippen molar-refractivity contribution in [3.63, 3.8) is 0 Å². The van der Waals surface area contributed by atoms with Gasteiger partial charge in [-0.05, 0) is 45.6 Å². The predicted molar refractivity (Wildman–Crippen MR) is 68.1 cm³/mol. The van der Waals surface area contributed by atoms with Crippen LogP contribution in [-0.4, -0.2) is 16.6 Å². The minimum atomic E-state index is -0.262. The van der Waals surface area contributed by atoms with Crippen LogP contribution in [0.5, 0.6) is 0 Å². The second-order valence-corrected chi connectivity index (χ2v) is 4.86. The Morgan fingerprint density at radius 2 is 2.06 bits per heavy atom. The molecule has 0 radical (unpaired) electrons. The van der Waals surface area contributed by atoms with Crippen molar-refractivity contribution < 1.29 is 4.74 Å². The van der Waals surface area contributed by atoms with Gasteiger partial charge in [0, 0.05) is 12.3 Å². The fourth-order valence-corrected chi connectivity index (χ4v) is 2.70. The first-order valence-electron chi connectivity index (χ1n) is 6.25. The normalized spacial score (nSPS) is 18.5. The third-order valence-electron chi connectivity index (χ3n) is 3.28. The molecule has 0 N–H and O–H groups in total. The molecule has 1 fully saturated rings. The topological polar surface area (TPSA) is 35.0 Å². The maximum Gasteiger partial charge on any atom is 0.160 e. The Morgan fingerprint density at radius 3 is 2.65 bits per heavy atom. The molecule has 4 heteroatoms. The molecule has 0 amide bonds. The van der Waals surface area contributed by atoms with E-state index in [-0.39, 0.29) is 5.60 Å². The molecule has 0 spiro atoms. The number of aromatic nitrogens is 2. The summed E-state index contributed by atoms with van der Waals surface area (Å²) in [6.45, 7) is 4.71. The van der Waals surface area contributed by atoms with Gasteiger partial charge in [0.2, 0.25) is 0 Å². The zero-order valence-corrected chi connectivity index (χ0v) is 11.3. The third kappa shape index (κ3) is 2.61. The van der Waals surface area contributed by atoms with E-state index in [1.807, 2.05) is 19.9 Å². The highest BCUT2D eigenvalue weighted by atomic mass is 35.5. The molecule has 0 atom stereocenters. The number of hydrogen-bond donors (Lipinski definition) is 0. The van der Waals surface area contributed by atoms with Gasteiger partial charge < -0.3 is 4.74 Å². The SMILES string of the molecule is CCOC1(c2nc(C)cc(CCl)n2)CCCC1. The molecule has 17 heavy (non-hydrogen) atoms. The predicted octanol–water partition coefficient (Wildman–Crippen LogP) is 3.33. The standard InChI is InChI=1S/C13H19ClN2O/c1-3-17-13(6-4-5-7-13)12-15-10(2)8-11(9-14)16-12/h8H,3-7,9H2,1-2H3. The van der Waals surface area contributed by atoms with E-state index in [1.54, 1.807) is 0 Å². The second-order valence-electron chi connectivity index (χ2n) is 4.59. The largest absolute Gasteiger partial charge is 0.367 e. The van der Waals surface area contributed by atoms with Crippen LogP contribution < -0.4 is 0 Å². The quantitative estimate of drug-likeness (QED) is 0.773. The van der Waals surface area contributed by atoms with Gasteiger partial charge in [-0.25, -0.2) is 9.97 Å². The first-order valence-corrected chi connectivity index (χ1v) is 6.78. The molecule has 0 aromatic carbocycles. The number of rotatable bonds is 4. The van der Waals surface area contributed by atoms with Gasteiger partial charge >= 0.3 is 0 Å². The zero-order valence-electron chi connectivity index (χ0n) is 10.5. The van der Waals surface area contributed by atoms with E-state index in [2.05, 4.69) is 9.97 Å². The fourth-order valence-electron chi connectivity index (χ4n) is 2.56. The summed E-state index contributed by atoms with van der Waals surface area (Å²) in [5.41, 5.74) is 1.60. The van der Waals surface area contributed by atoms with E-state index in [1.165, 1.54) is 12.8 Å². The lowest BCUT2D eigenvalue weighted by Crippen LogP contribution is -2.29. The first kappa shape index (κ1) is 12.8. The Morgan fingerprint density at radius 1 is 1.35 bits per heavy atom. The van der Waals surface area contributed by atoms with Gasteiger partial charge in [-0.15, -0.1) is 11.6 Å². The molecule has 94 valence electrons. The van der Waals surface area contributed by atoms with Crippen molar-refractivity contribution in [2.24, 2.45) is 0 Å². The van der Waals surface area contributed by atoms with Gasteiger partial charge in [-0.3, -0.25) is 0 Å². The van der Waals surface area contributed by atoms with Gasteiger partial charge in [-0.1, -0.05) is 0 Å². The molecule has 3 nitrogen and oxygen atoms in total. The Balaban J connectivity index is 2.38. The summed E-state index contributed by atoms with van der Waals surface area (Å²) < 4.78 is 5.96. The maximum absolute atomic E-state index is 5.96. The van der Waals surface area contributed by atoms with Crippen molar-refractivity contribution in [3.05, 3.63) is 23.3 Å². The van der Waals surface area contributed by atoms with Crippen LogP contribution in [0.1, 0.15) is 49.8 Å². The highest BCUT2D eigenvalue weighted by molar-refractivity contribution is 6.16. The molecule has 2 rings (SSSR count). The van der Waals surface area contributed by atoms with Crippen LogP contribution in [0.3, 0.4) is 0 Å². The molecule has 1 aliphatic rings. The molecular weight excluding hydrogens is 236 g/mol. The fraction of sp³-hybridized carbons (Fsp3) is 0.692. The van der Waals surface area contributed by atoms with E-state index < -0.39 is 0 Å². The molecule has 0 unspecified atom stereocenters. The van der Waals surface area contributed by atoms with Crippen molar-refractivity contribution in [3.8, 4) is 0 Å². The number of nitrogens with zero attached hydrogens (tertiary/aromatic N) is 2. The van der Waals surface area contributed by atoms with E-state index >= 15 is 0 Å². The zero-order chi connectivity index (χ0) is 12.3. The maximum atomic E-state index is 5.96. The van der Waals surface area contributed by atoms with Gasteiger partial charge in [-0.2, -0.15) is 0 Å². The Labute approximate surface area is 108 Å². The smallest absolute Gasteiger partial charge is 0.160 e. The van der Waals surface area contributed by atoms with E-state index in [9.17, 15) is 0 Å². The van der Waals surface area contributed by atoms with Crippen LogP contribution in [0.2, 0.25) is 0 Å². The van der Waals surface area contributed by atoms with Crippen molar-refractivity contribution in [1.82, 2.24) is 9.97 Å². The highest BCUT2D eigenvalue weighted by Gasteiger charge is 2.39. The Hall–Kier alpha value is -0.670. The van der Waals surface area contributed by atoms with Gasteiger partial charge in [0.1, 0.15) is 5.60 Å². The number of ether oxygens (including phenoxy) is 1. The first-order chi connectivity index (χ1) is 8.20. The minimum absolute atomic E-state index is 0.262. The molecule has 0 aliphatic heterocycles. The summed E-state index contributed by atoms with van der Waals surface area (Å²) >= 11 is 5.87. The summed E-state index contributed by atoms with van der Waals surface area (Å²) in [6.07, 6.45) is 4.42. The van der Waals surface area contributed by atoms with Crippen LogP contribution in [-0.2, 0) is 16.2 Å². The summed E-state index contributed by atoms with van der Waals surface area (Å²) in [5.74, 6) is 1.26. The lowest BCUT2D eigenvalue weighted by molar-refractivity contribution is -0.0459. The van der Waals surface area contributed by atoms with Gasteiger partial charge in [0.15, 0.2) is 5.82 Å². The lowest BCUT2D eigenvalue weighted by atomic mass is 10.0. The van der Waals surface area contributed by atoms with Gasteiger partial charge in [0.05, 0.1) is 11.6 Å². The van der Waals surface area contributed by atoms with Crippen molar-refractivity contribution >= 4 is 11.6 Å². The van der Waals surface area contributed by atoms with E-state index in [0.717, 1.165) is 30.1 Å². The second kappa shape index (κ2) is 5.32. The van der Waals surface area contributed by atoms with Crippen LogP contribution in [0, 0.1) is 6.92 Å². The number of halogens is 1. The van der Waals surface area contributed by atoms with Crippen molar-refractivity contribution in [1.29, 1.82) is 0 Å². The number of alkyl halides is 1. The average molecular weight is 255 g/mol. The lowest BCUT2D eigenvalue weighted by Gasteiger charge is -2.27. The average Bonchev–Trinajstić information content (AvgIpc) is 2.78. The molecular formula is C13H19ClN2O. The number of hydrogen-bond acceptors (Lipinski definition) is 3. The molecule has 1 aromatic heterocycles. The van der Waals surface area contributed by atoms with Crippen molar-refractivity contribution in [2.75, 3.05) is 6.61 Å². The van der Waals surface area contributed by atoms with Crippen molar-refractivity contribution in [2.45, 2.75) is 51.0 Å². The number of aryl methyl sites for hydroxylation is 1. The van der Waals surface area contributed by atoms with Crippen LogP contribution >= 0.6 is 11.6 Å². The third-order valence-corrected chi connectivity index (χ3v) is 3.56. The Bertz CT molecular complexity index is 389. The summed E-state index contributed by atoms with van der Waals surface area (Å²) in [7, 11) is 0.